The summed E-state index contributed by atoms with van der Waals surface area (Å²) in [6.45, 7) is 6.46. The highest BCUT2D eigenvalue weighted by Gasteiger charge is 2.36. The molecule has 1 aliphatic rings. The van der Waals surface area contributed by atoms with E-state index in [-0.39, 0.29) is 0 Å². The summed E-state index contributed by atoms with van der Waals surface area (Å²) in [5, 5.41) is 0. The molecule has 1 aromatic rings. The predicted octanol–water partition coefficient (Wildman–Crippen LogP) is 3.13. The van der Waals surface area contributed by atoms with Crippen LogP contribution in [0.15, 0.2) is 0 Å². The molecule has 14 heavy (non-hydrogen) atoms. The van der Waals surface area contributed by atoms with Gasteiger partial charge in [-0.3, -0.25) is 0 Å². The summed E-state index contributed by atoms with van der Waals surface area (Å²) in [6.07, 6.45) is 2.22. The van der Waals surface area contributed by atoms with Crippen LogP contribution in [0, 0.1) is 17.5 Å². The van der Waals surface area contributed by atoms with E-state index in [4.69, 9.17) is 12.2 Å². The van der Waals surface area contributed by atoms with Gasteiger partial charge in [-0.15, -0.1) is 0 Å². The summed E-state index contributed by atoms with van der Waals surface area (Å²) in [6, 6.07) is 0. The minimum atomic E-state index is 0.626. The second-order valence-corrected chi connectivity index (χ2v) is 4.59. The average molecular weight is 208 g/mol. The van der Waals surface area contributed by atoms with Gasteiger partial charge in [0, 0.05) is 17.2 Å². The first-order valence-corrected chi connectivity index (χ1v) is 5.64. The highest BCUT2D eigenvalue weighted by molar-refractivity contribution is 7.71. The van der Waals surface area contributed by atoms with Crippen LogP contribution in [0.1, 0.15) is 43.3 Å². The van der Waals surface area contributed by atoms with E-state index >= 15 is 0 Å². The van der Waals surface area contributed by atoms with Gasteiger partial charge in [0.1, 0.15) is 10.5 Å². The van der Waals surface area contributed by atoms with Crippen LogP contribution < -0.4 is 0 Å². The first kappa shape index (κ1) is 9.84. The van der Waals surface area contributed by atoms with E-state index in [1.807, 2.05) is 0 Å². The maximum Gasteiger partial charge on any atom is 0.133 e. The van der Waals surface area contributed by atoms with E-state index in [9.17, 15) is 0 Å². The van der Waals surface area contributed by atoms with E-state index in [2.05, 4.69) is 30.7 Å². The van der Waals surface area contributed by atoms with Crippen LogP contribution >= 0.6 is 12.2 Å². The van der Waals surface area contributed by atoms with Gasteiger partial charge in [-0.25, -0.2) is 4.98 Å². The number of hydrogen-bond donors (Lipinski definition) is 1. The van der Waals surface area contributed by atoms with E-state index in [0.717, 1.165) is 22.8 Å². The quantitative estimate of drug-likeness (QED) is 0.756. The lowest BCUT2D eigenvalue weighted by Crippen LogP contribution is -2.01. The first-order valence-electron chi connectivity index (χ1n) is 5.23. The molecule has 2 atom stereocenters. The predicted molar refractivity (Wildman–Crippen MR) is 60.1 cm³/mol. The third-order valence-corrected chi connectivity index (χ3v) is 3.40. The van der Waals surface area contributed by atoms with Crippen molar-refractivity contribution >= 4 is 12.2 Å². The molecule has 0 bridgehead atoms. The maximum absolute atomic E-state index is 5.28. The van der Waals surface area contributed by atoms with Gasteiger partial charge in [-0.1, -0.05) is 26.1 Å². The van der Waals surface area contributed by atoms with Gasteiger partial charge in [-0.2, -0.15) is 0 Å². The van der Waals surface area contributed by atoms with Crippen molar-refractivity contribution in [1.82, 2.24) is 9.97 Å². The van der Waals surface area contributed by atoms with Gasteiger partial charge in [0.05, 0.1) is 0 Å². The van der Waals surface area contributed by atoms with Crippen molar-refractivity contribution in [3.8, 4) is 0 Å². The standard InChI is InChI=1S/C11H16N2S/c1-4-8-7(3)12-10(13-11(8)14)9-5-6(9)2/h6,9H,4-5H2,1-3H3,(H,12,13,14). The normalized spacial score (nSPS) is 25.1. The Hall–Kier alpha value is -0.700. The van der Waals surface area contributed by atoms with E-state index in [1.54, 1.807) is 0 Å². The largest absolute Gasteiger partial charge is 0.347 e. The highest BCUT2D eigenvalue weighted by Crippen LogP contribution is 2.45. The zero-order valence-corrected chi connectivity index (χ0v) is 9.74. The molecule has 2 rings (SSSR count). The molecule has 1 heterocycles. The number of aromatic nitrogens is 2. The SMILES string of the molecule is CCc1c(C)[nH]c(C2CC2C)nc1=S. The zero-order chi connectivity index (χ0) is 10.3. The molecule has 76 valence electrons. The second-order valence-electron chi connectivity index (χ2n) is 4.20. The molecular weight excluding hydrogens is 192 g/mol. The van der Waals surface area contributed by atoms with Gasteiger partial charge >= 0.3 is 0 Å². The number of H-pyrrole nitrogens is 1. The summed E-state index contributed by atoms with van der Waals surface area (Å²) < 4.78 is 0.790. The summed E-state index contributed by atoms with van der Waals surface area (Å²) in [7, 11) is 0. The Bertz CT molecular complexity index is 408. The van der Waals surface area contributed by atoms with Crippen LogP contribution in [-0.2, 0) is 6.42 Å². The van der Waals surface area contributed by atoms with E-state index in [0.29, 0.717) is 5.92 Å². The third-order valence-electron chi connectivity index (χ3n) is 3.06. The van der Waals surface area contributed by atoms with Crippen molar-refractivity contribution < 1.29 is 0 Å². The number of rotatable bonds is 2. The third kappa shape index (κ3) is 1.61. The van der Waals surface area contributed by atoms with Gasteiger partial charge < -0.3 is 4.98 Å². The molecule has 2 nitrogen and oxygen atoms in total. The Labute approximate surface area is 89.8 Å². The van der Waals surface area contributed by atoms with E-state index < -0.39 is 0 Å². The molecule has 0 spiro atoms. The lowest BCUT2D eigenvalue weighted by molar-refractivity contribution is 0.816. The topological polar surface area (TPSA) is 28.7 Å². The molecule has 3 heteroatoms. The zero-order valence-electron chi connectivity index (χ0n) is 8.92. The lowest BCUT2D eigenvalue weighted by atomic mass is 10.2. The molecular formula is C11H16N2S. The minimum absolute atomic E-state index is 0.626. The number of aryl methyl sites for hydroxylation is 1. The summed E-state index contributed by atoms with van der Waals surface area (Å²) in [5.74, 6) is 2.50. The Morgan fingerprint density at radius 2 is 2.21 bits per heavy atom. The van der Waals surface area contributed by atoms with Crippen molar-refractivity contribution in [3.63, 3.8) is 0 Å². The second kappa shape index (κ2) is 3.46. The average Bonchev–Trinajstić information content (AvgIpc) is 2.82. The fourth-order valence-electron chi connectivity index (χ4n) is 1.93. The molecule has 0 radical (unpaired) electrons. The first-order chi connectivity index (χ1) is 6.63. The van der Waals surface area contributed by atoms with Crippen LogP contribution in [0.4, 0.5) is 0 Å². The number of nitrogens with one attached hydrogen (secondary N) is 1. The highest BCUT2D eigenvalue weighted by atomic mass is 32.1. The number of hydrogen-bond acceptors (Lipinski definition) is 2. The molecule has 0 amide bonds. The molecule has 1 aromatic heterocycles. The Kier molecular flexibility index (Phi) is 2.43. The lowest BCUT2D eigenvalue weighted by Gasteiger charge is -2.06. The van der Waals surface area contributed by atoms with E-state index in [1.165, 1.54) is 17.7 Å². The van der Waals surface area contributed by atoms with Crippen molar-refractivity contribution in [2.24, 2.45) is 5.92 Å². The van der Waals surface area contributed by atoms with Crippen molar-refractivity contribution in [1.29, 1.82) is 0 Å². The van der Waals surface area contributed by atoms with Crippen molar-refractivity contribution in [2.75, 3.05) is 0 Å². The van der Waals surface area contributed by atoms with Crippen LogP contribution in [-0.4, -0.2) is 9.97 Å². The molecule has 0 saturated heterocycles. The monoisotopic (exact) mass is 208 g/mol. The van der Waals surface area contributed by atoms with Crippen LogP contribution in [0.5, 0.6) is 0 Å². The molecule has 1 aliphatic carbocycles. The Morgan fingerprint density at radius 1 is 1.57 bits per heavy atom. The minimum Gasteiger partial charge on any atom is -0.347 e. The smallest absolute Gasteiger partial charge is 0.133 e. The van der Waals surface area contributed by atoms with Crippen LogP contribution in [0.25, 0.3) is 0 Å². The summed E-state index contributed by atoms with van der Waals surface area (Å²) in [5.41, 5.74) is 2.39. The Balaban J connectivity index is 2.42. The van der Waals surface area contributed by atoms with Crippen LogP contribution in [0.3, 0.4) is 0 Å². The summed E-state index contributed by atoms with van der Waals surface area (Å²) >= 11 is 5.28. The molecule has 1 saturated carbocycles. The fourth-order valence-corrected chi connectivity index (χ4v) is 2.32. The summed E-state index contributed by atoms with van der Waals surface area (Å²) in [4.78, 5) is 7.86. The molecule has 1 N–H and O–H groups in total. The van der Waals surface area contributed by atoms with Crippen molar-refractivity contribution in [3.05, 3.63) is 21.7 Å². The van der Waals surface area contributed by atoms with Gasteiger partial charge in [0.15, 0.2) is 0 Å². The van der Waals surface area contributed by atoms with Crippen molar-refractivity contribution in [2.45, 2.75) is 39.5 Å². The fraction of sp³-hybridized carbons (Fsp3) is 0.636. The maximum atomic E-state index is 5.28. The molecule has 0 aromatic carbocycles. The molecule has 1 fully saturated rings. The molecule has 0 aliphatic heterocycles. The van der Waals surface area contributed by atoms with Crippen LogP contribution in [0.2, 0.25) is 0 Å². The Morgan fingerprint density at radius 3 is 2.64 bits per heavy atom. The van der Waals surface area contributed by atoms with Gasteiger partial charge in [0.25, 0.3) is 0 Å². The number of aromatic amines is 1. The van der Waals surface area contributed by atoms with Gasteiger partial charge in [0.2, 0.25) is 0 Å². The number of nitrogens with zero attached hydrogens (tertiary/aromatic N) is 1. The van der Waals surface area contributed by atoms with Gasteiger partial charge in [-0.05, 0) is 25.7 Å². The molecule has 2 unspecified atom stereocenters.